The Morgan fingerprint density at radius 3 is 3.11 bits per heavy atom. The highest BCUT2D eigenvalue weighted by Gasteiger charge is 2.21. The smallest absolute Gasteiger partial charge is 0.217 e. The molecule has 0 fully saturated rings. The minimum absolute atomic E-state index is 0.218. The number of aryl methyl sites for hydroxylation is 1. The largest absolute Gasteiger partial charge is 0.488 e. The zero-order chi connectivity index (χ0) is 13.7. The van der Waals surface area contributed by atoms with E-state index in [1.807, 2.05) is 0 Å². The number of benzene rings is 1. The molecule has 1 atom stereocenters. The maximum absolute atomic E-state index is 10.6. The lowest BCUT2D eigenvalue weighted by molar-refractivity contribution is -0.118. The topological polar surface area (TPSA) is 64.3 Å². The van der Waals surface area contributed by atoms with Crippen molar-refractivity contribution in [2.75, 3.05) is 13.1 Å². The monoisotopic (exact) mass is 262 g/mol. The highest BCUT2D eigenvalue weighted by atomic mass is 16.5. The summed E-state index contributed by atoms with van der Waals surface area (Å²) >= 11 is 0. The van der Waals surface area contributed by atoms with Gasteiger partial charge in [0, 0.05) is 19.4 Å². The second-order valence-electron chi connectivity index (χ2n) is 5.18. The van der Waals surface area contributed by atoms with Gasteiger partial charge in [-0.3, -0.25) is 4.79 Å². The molecule has 1 aliphatic heterocycles. The number of amides is 1. The zero-order valence-corrected chi connectivity index (χ0v) is 11.4. The fraction of sp³-hybridized carbons (Fsp3) is 0.533. The average Bonchev–Trinajstić information content (AvgIpc) is 2.75. The lowest BCUT2D eigenvalue weighted by atomic mass is 10.1. The molecule has 1 unspecified atom stereocenters. The molecule has 1 aliphatic rings. The van der Waals surface area contributed by atoms with Crippen molar-refractivity contribution in [2.24, 2.45) is 5.73 Å². The third-order valence-electron chi connectivity index (χ3n) is 3.36. The maximum Gasteiger partial charge on any atom is 0.217 e. The molecule has 4 nitrogen and oxygen atoms in total. The van der Waals surface area contributed by atoms with Crippen LogP contribution in [0.4, 0.5) is 0 Å². The molecule has 1 aromatic carbocycles. The summed E-state index contributed by atoms with van der Waals surface area (Å²) in [4.78, 5) is 10.6. The highest BCUT2D eigenvalue weighted by Crippen LogP contribution is 2.29. The van der Waals surface area contributed by atoms with Crippen molar-refractivity contribution in [2.45, 2.75) is 38.7 Å². The number of rotatable bonds is 7. The first-order chi connectivity index (χ1) is 9.15. The van der Waals surface area contributed by atoms with Gasteiger partial charge in [-0.15, -0.1) is 0 Å². The predicted octanol–water partition coefficient (Wildman–Crippen LogP) is 1.54. The van der Waals surface area contributed by atoms with Crippen molar-refractivity contribution in [1.82, 2.24) is 5.32 Å². The minimum atomic E-state index is -0.218. The van der Waals surface area contributed by atoms with Gasteiger partial charge in [0.1, 0.15) is 11.9 Å². The molecule has 0 bridgehead atoms. The summed E-state index contributed by atoms with van der Waals surface area (Å²) in [5, 5.41) is 3.37. The van der Waals surface area contributed by atoms with Crippen LogP contribution in [0.15, 0.2) is 18.2 Å². The summed E-state index contributed by atoms with van der Waals surface area (Å²) in [6, 6.07) is 6.33. The Kier molecular flexibility index (Phi) is 4.80. The summed E-state index contributed by atoms with van der Waals surface area (Å²) in [6.45, 7) is 3.86. The van der Waals surface area contributed by atoms with Crippen LogP contribution >= 0.6 is 0 Å². The summed E-state index contributed by atoms with van der Waals surface area (Å²) in [6.07, 6.45) is 3.51. The molecule has 104 valence electrons. The Bertz CT molecular complexity index is 446. The minimum Gasteiger partial charge on any atom is -0.488 e. The normalized spacial score (nSPS) is 17.0. The molecule has 0 spiro atoms. The standard InChI is InChI=1S/C15H22N2O2/c1-11-5-6-14-12(8-11)9-13(19-14)10-17-7-3-2-4-15(16)18/h5-6,8,13,17H,2-4,7,9-10H2,1H3,(H2,16,18). The molecule has 1 aromatic rings. The number of hydrogen-bond acceptors (Lipinski definition) is 3. The summed E-state index contributed by atoms with van der Waals surface area (Å²) in [7, 11) is 0. The maximum atomic E-state index is 10.6. The molecule has 2 rings (SSSR count). The van der Waals surface area contributed by atoms with E-state index in [1.165, 1.54) is 11.1 Å². The molecule has 19 heavy (non-hydrogen) atoms. The van der Waals surface area contributed by atoms with Crippen molar-refractivity contribution >= 4 is 5.91 Å². The second kappa shape index (κ2) is 6.57. The van der Waals surface area contributed by atoms with Crippen LogP contribution in [0, 0.1) is 6.92 Å². The average molecular weight is 262 g/mol. The number of carbonyl (C=O) groups is 1. The highest BCUT2D eigenvalue weighted by molar-refractivity contribution is 5.73. The van der Waals surface area contributed by atoms with E-state index in [4.69, 9.17) is 10.5 Å². The van der Waals surface area contributed by atoms with Gasteiger partial charge in [0.2, 0.25) is 5.91 Å². The van der Waals surface area contributed by atoms with Crippen LogP contribution in [0.3, 0.4) is 0 Å². The SMILES string of the molecule is Cc1ccc2c(c1)CC(CNCCCCC(N)=O)O2. The number of nitrogens with two attached hydrogens (primary N) is 1. The van der Waals surface area contributed by atoms with E-state index >= 15 is 0 Å². The van der Waals surface area contributed by atoms with E-state index in [9.17, 15) is 4.79 Å². The number of unbranched alkanes of at least 4 members (excludes halogenated alkanes) is 1. The van der Waals surface area contributed by atoms with Crippen LogP contribution in [0.5, 0.6) is 5.75 Å². The van der Waals surface area contributed by atoms with E-state index in [-0.39, 0.29) is 12.0 Å². The molecule has 4 heteroatoms. The third kappa shape index (κ3) is 4.24. The van der Waals surface area contributed by atoms with Gasteiger partial charge < -0.3 is 15.8 Å². The number of fused-ring (bicyclic) bond motifs is 1. The number of hydrogen-bond donors (Lipinski definition) is 2. The van der Waals surface area contributed by atoms with E-state index in [0.717, 1.165) is 38.1 Å². The van der Waals surface area contributed by atoms with Gasteiger partial charge in [0.25, 0.3) is 0 Å². The quantitative estimate of drug-likeness (QED) is 0.733. The lowest BCUT2D eigenvalue weighted by Gasteiger charge is -2.11. The van der Waals surface area contributed by atoms with Crippen LogP contribution in [-0.2, 0) is 11.2 Å². The van der Waals surface area contributed by atoms with Gasteiger partial charge in [-0.2, -0.15) is 0 Å². The first kappa shape index (κ1) is 13.9. The molecule has 3 N–H and O–H groups in total. The molecule has 1 amide bonds. The Balaban J connectivity index is 1.63. The molecular weight excluding hydrogens is 240 g/mol. The fourth-order valence-electron chi connectivity index (χ4n) is 2.38. The molecule has 1 heterocycles. The molecule has 0 radical (unpaired) electrons. The third-order valence-corrected chi connectivity index (χ3v) is 3.36. The van der Waals surface area contributed by atoms with Gasteiger partial charge in [-0.25, -0.2) is 0 Å². The number of ether oxygens (including phenoxy) is 1. The molecule has 0 saturated carbocycles. The van der Waals surface area contributed by atoms with Crippen molar-refractivity contribution in [3.8, 4) is 5.75 Å². The van der Waals surface area contributed by atoms with E-state index in [2.05, 4.69) is 30.4 Å². The zero-order valence-electron chi connectivity index (χ0n) is 11.4. The van der Waals surface area contributed by atoms with Crippen LogP contribution in [0.25, 0.3) is 0 Å². The summed E-state index contributed by atoms with van der Waals surface area (Å²) in [5.41, 5.74) is 7.67. The number of nitrogens with one attached hydrogen (secondary N) is 1. The number of carbonyl (C=O) groups excluding carboxylic acids is 1. The summed E-state index contributed by atoms with van der Waals surface area (Å²) < 4.78 is 5.87. The Hall–Kier alpha value is -1.55. The van der Waals surface area contributed by atoms with Gasteiger partial charge in [-0.05, 0) is 37.9 Å². The Morgan fingerprint density at radius 1 is 1.47 bits per heavy atom. The van der Waals surface area contributed by atoms with Crippen molar-refractivity contribution in [3.05, 3.63) is 29.3 Å². The Morgan fingerprint density at radius 2 is 2.32 bits per heavy atom. The lowest BCUT2D eigenvalue weighted by Crippen LogP contribution is -2.30. The van der Waals surface area contributed by atoms with Gasteiger partial charge >= 0.3 is 0 Å². The molecule has 0 saturated heterocycles. The van der Waals surface area contributed by atoms with Crippen LogP contribution in [0.2, 0.25) is 0 Å². The van der Waals surface area contributed by atoms with Gasteiger partial charge in [-0.1, -0.05) is 17.7 Å². The van der Waals surface area contributed by atoms with E-state index in [0.29, 0.717) is 6.42 Å². The van der Waals surface area contributed by atoms with Gasteiger partial charge in [0.15, 0.2) is 0 Å². The Labute approximate surface area is 114 Å². The molecule has 0 aromatic heterocycles. The van der Waals surface area contributed by atoms with Gasteiger partial charge in [0.05, 0.1) is 0 Å². The molecule has 0 aliphatic carbocycles. The van der Waals surface area contributed by atoms with Crippen molar-refractivity contribution in [3.63, 3.8) is 0 Å². The summed E-state index contributed by atoms with van der Waals surface area (Å²) in [5.74, 6) is 0.802. The van der Waals surface area contributed by atoms with Crippen LogP contribution < -0.4 is 15.8 Å². The second-order valence-corrected chi connectivity index (χ2v) is 5.18. The van der Waals surface area contributed by atoms with Crippen LogP contribution in [-0.4, -0.2) is 25.1 Å². The van der Waals surface area contributed by atoms with E-state index in [1.54, 1.807) is 0 Å². The van der Waals surface area contributed by atoms with Crippen molar-refractivity contribution < 1.29 is 9.53 Å². The van der Waals surface area contributed by atoms with Crippen LogP contribution in [0.1, 0.15) is 30.4 Å². The number of primary amides is 1. The molecular formula is C15H22N2O2. The van der Waals surface area contributed by atoms with Crippen molar-refractivity contribution in [1.29, 1.82) is 0 Å². The first-order valence-electron chi connectivity index (χ1n) is 6.90. The predicted molar refractivity (Wildman–Crippen MR) is 75.2 cm³/mol. The first-order valence-corrected chi connectivity index (χ1v) is 6.90. The fourth-order valence-corrected chi connectivity index (χ4v) is 2.38. The van der Waals surface area contributed by atoms with E-state index < -0.39 is 0 Å².